The molecule has 0 fully saturated rings. The Kier molecular flexibility index (Phi) is 7.76. The van der Waals surface area contributed by atoms with Gasteiger partial charge in [-0.2, -0.15) is 0 Å². The number of carbonyl (C=O) groups is 1. The largest absolute Gasteiger partial charge is 0.492 e. The molecule has 0 aliphatic heterocycles. The van der Waals surface area contributed by atoms with Gasteiger partial charge in [-0.3, -0.25) is 9.10 Å². The van der Waals surface area contributed by atoms with Gasteiger partial charge in [-0.1, -0.05) is 48.5 Å². The van der Waals surface area contributed by atoms with E-state index in [9.17, 15) is 13.2 Å². The SMILES string of the molecule is CCOc1ccccc1N(CC(=O)N[C@H](C)c1ccc2c(c1)CCCC2)S(=O)(=O)c1ccccc1. The maximum atomic E-state index is 13.6. The number of hydrogen-bond donors (Lipinski definition) is 1. The van der Waals surface area contributed by atoms with Crippen molar-refractivity contribution in [1.29, 1.82) is 0 Å². The van der Waals surface area contributed by atoms with Crippen LogP contribution in [0.3, 0.4) is 0 Å². The van der Waals surface area contributed by atoms with E-state index in [4.69, 9.17) is 4.74 Å². The molecule has 0 saturated heterocycles. The summed E-state index contributed by atoms with van der Waals surface area (Å²) < 4.78 is 34.1. The van der Waals surface area contributed by atoms with Crippen LogP contribution in [-0.2, 0) is 27.7 Å². The Balaban J connectivity index is 1.60. The number of hydrogen-bond acceptors (Lipinski definition) is 4. The first-order chi connectivity index (χ1) is 16.9. The molecule has 35 heavy (non-hydrogen) atoms. The number of fused-ring (bicyclic) bond motifs is 1. The van der Waals surface area contributed by atoms with Crippen LogP contribution in [-0.4, -0.2) is 27.5 Å². The van der Waals surface area contributed by atoms with E-state index in [1.54, 1.807) is 42.5 Å². The molecule has 0 bridgehead atoms. The predicted molar refractivity (Wildman–Crippen MR) is 138 cm³/mol. The maximum Gasteiger partial charge on any atom is 0.264 e. The molecular weight excluding hydrogens is 460 g/mol. The third kappa shape index (κ3) is 5.68. The van der Waals surface area contributed by atoms with Gasteiger partial charge in [0.15, 0.2) is 0 Å². The molecule has 0 radical (unpaired) electrons. The van der Waals surface area contributed by atoms with Crippen molar-refractivity contribution in [2.75, 3.05) is 17.5 Å². The van der Waals surface area contributed by atoms with Crippen molar-refractivity contribution in [3.05, 3.63) is 89.5 Å². The fraction of sp³-hybridized carbons (Fsp3) is 0.321. The fourth-order valence-corrected chi connectivity index (χ4v) is 5.94. The van der Waals surface area contributed by atoms with Crippen LogP contribution in [0, 0.1) is 0 Å². The second-order valence-electron chi connectivity index (χ2n) is 8.75. The minimum absolute atomic E-state index is 0.113. The monoisotopic (exact) mass is 492 g/mol. The number of amides is 1. The van der Waals surface area contributed by atoms with Crippen molar-refractivity contribution in [3.63, 3.8) is 0 Å². The fourth-order valence-electron chi connectivity index (χ4n) is 4.48. The standard InChI is InChI=1S/C28H32N2O4S/c1-3-34-27-16-10-9-15-26(27)30(35(32,33)25-13-5-4-6-14-25)20-28(31)29-21(2)23-18-17-22-11-7-8-12-24(22)19-23/h4-6,9-10,13-19,21H,3,7-8,11-12,20H2,1-2H3,(H,29,31)/t21-/m1/s1. The van der Waals surface area contributed by atoms with E-state index in [-0.39, 0.29) is 23.4 Å². The lowest BCUT2D eigenvalue weighted by Crippen LogP contribution is -2.41. The van der Waals surface area contributed by atoms with Crippen LogP contribution in [0.15, 0.2) is 77.7 Å². The zero-order valence-electron chi connectivity index (χ0n) is 20.2. The van der Waals surface area contributed by atoms with Crippen molar-refractivity contribution in [2.24, 2.45) is 0 Å². The summed E-state index contributed by atoms with van der Waals surface area (Å²) in [4.78, 5) is 13.3. The second kappa shape index (κ2) is 11.0. The number of sulfonamides is 1. The molecule has 0 heterocycles. The molecule has 184 valence electrons. The lowest BCUT2D eigenvalue weighted by atomic mass is 9.89. The molecule has 1 atom stereocenters. The lowest BCUT2D eigenvalue weighted by Gasteiger charge is -2.27. The van der Waals surface area contributed by atoms with E-state index in [0.717, 1.165) is 22.7 Å². The number of nitrogens with one attached hydrogen (secondary N) is 1. The molecule has 6 nitrogen and oxygen atoms in total. The maximum absolute atomic E-state index is 13.6. The third-order valence-corrected chi connectivity index (χ3v) is 8.08. The molecule has 0 spiro atoms. The highest BCUT2D eigenvalue weighted by Gasteiger charge is 2.29. The number of rotatable bonds is 9. The molecule has 1 N–H and O–H groups in total. The van der Waals surface area contributed by atoms with Crippen molar-refractivity contribution < 1.29 is 17.9 Å². The average Bonchev–Trinajstić information content (AvgIpc) is 2.88. The Morgan fingerprint density at radius 1 is 0.971 bits per heavy atom. The van der Waals surface area contributed by atoms with Crippen LogP contribution in [0.2, 0.25) is 0 Å². The summed E-state index contributed by atoms with van der Waals surface area (Å²) in [7, 11) is -4.01. The Bertz CT molecular complexity index is 1280. The highest BCUT2D eigenvalue weighted by Crippen LogP contribution is 2.32. The van der Waals surface area contributed by atoms with Gasteiger partial charge in [0.1, 0.15) is 12.3 Å². The van der Waals surface area contributed by atoms with E-state index in [0.29, 0.717) is 18.0 Å². The third-order valence-electron chi connectivity index (χ3n) is 6.30. The minimum Gasteiger partial charge on any atom is -0.492 e. The first kappa shape index (κ1) is 24.8. The summed E-state index contributed by atoms with van der Waals surface area (Å²) >= 11 is 0. The van der Waals surface area contributed by atoms with Crippen LogP contribution in [0.25, 0.3) is 0 Å². The highest BCUT2D eigenvalue weighted by atomic mass is 32.2. The van der Waals surface area contributed by atoms with Gasteiger partial charge >= 0.3 is 0 Å². The zero-order chi connectivity index (χ0) is 24.8. The smallest absolute Gasteiger partial charge is 0.264 e. The summed E-state index contributed by atoms with van der Waals surface area (Å²) in [5.41, 5.74) is 4.07. The number of carbonyl (C=O) groups excluding carboxylic acids is 1. The molecular formula is C28H32N2O4S. The molecule has 0 unspecified atom stereocenters. The first-order valence-electron chi connectivity index (χ1n) is 12.1. The van der Waals surface area contributed by atoms with Crippen molar-refractivity contribution in [3.8, 4) is 5.75 Å². The summed E-state index contributed by atoms with van der Waals surface area (Å²) in [6.07, 6.45) is 4.55. The Hall–Kier alpha value is -3.32. The molecule has 3 aromatic carbocycles. The van der Waals surface area contributed by atoms with E-state index in [1.807, 2.05) is 13.8 Å². The topological polar surface area (TPSA) is 75.7 Å². The molecule has 0 saturated carbocycles. The van der Waals surface area contributed by atoms with E-state index >= 15 is 0 Å². The van der Waals surface area contributed by atoms with Gasteiger partial charge in [-0.15, -0.1) is 0 Å². The van der Waals surface area contributed by atoms with E-state index < -0.39 is 10.0 Å². The normalized spacial score (nSPS) is 14.0. The second-order valence-corrected chi connectivity index (χ2v) is 10.6. The Morgan fingerprint density at radius 2 is 1.66 bits per heavy atom. The van der Waals surface area contributed by atoms with Gasteiger partial charge in [-0.05, 0) is 80.5 Å². The number of anilines is 1. The van der Waals surface area contributed by atoms with Crippen LogP contribution in [0.4, 0.5) is 5.69 Å². The summed E-state index contributed by atoms with van der Waals surface area (Å²) in [5, 5.41) is 2.99. The van der Waals surface area contributed by atoms with Crippen LogP contribution in [0.1, 0.15) is 49.4 Å². The molecule has 7 heteroatoms. The molecule has 1 aliphatic rings. The Labute approximate surface area is 208 Å². The number of para-hydroxylation sites is 2. The number of ether oxygens (including phenoxy) is 1. The molecule has 3 aromatic rings. The van der Waals surface area contributed by atoms with E-state index in [2.05, 4.69) is 23.5 Å². The van der Waals surface area contributed by atoms with Crippen LogP contribution in [0.5, 0.6) is 5.75 Å². The molecule has 4 rings (SSSR count). The molecule has 1 aliphatic carbocycles. The summed E-state index contributed by atoms with van der Waals surface area (Å²) in [5.74, 6) is 0.0195. The lowest BCUT2D eigenvalue weighted by molar-refractivity contribution is -0.120. The number of nitrogens with zero attached hydrogens (tertiary/aromatic N) is 1. The van der Waals surface area contributed by atoms with Crippen molar-refractivity contribution in [2.45, 2.75) is 50.5 Å². The highest BCUT2D eigenvalue weighted by molar-refractivity contribution is 7.92. The molecule has 1 amide bonds. The van der Waals surface area contributed by atoms with Crippen LogP contribution < -0.4 is 14.4 Å². The van der Waals surface area contributed by atoms with Gasteiger partial charge in [-0.25, -0.2) is 8.42 Å². The van der Waals surface area contributed by atoms with Gasteiger partial charge < -0.3 is 10.1 Å². The summed E-state index contributed by atoms with van der Waals surface area (Å²) in [6, 6.07) is 21.1. The minimum atomic E-state index is -4.01. The van der Waals surface area contributed by atoms with Crippen LogP contribution >= 0.6 is 0 Å². The van der Waals surface area contributed by atoms with E-state index in [1.165, 1.54) is 36.1 Å². The predicted octanol–water partition coefficient (Wildman–Crippen LogP) is 5.04. The molecule has 0 aromatic heterocycles. The van der Waals surface area contributed by atoms with Gasteiger partial charge in [0.25, 0.3) is 10.0 Å². The quantitative estimate of drug-likeness (QED) is 0.454. The van der Waals surface area contributed by atoms with Crippen molar-refractivity contribution in [1.82, 2.24) is 5.32 Å². The first-order valence-corrected chi connectivity index (χ1v) is 13.5. The van der Waals surface area contributed by atoms with Gasteiger partial charge in [0, 0.05) is 0 Å². The number of aryl methyl sites for hydroxylation is 2. The van der Waals surface area contributed by atoms with Crippen molar-refractivity contribution >= 4 is 21.6 Å². The summed E-state index contributed by atoms with van der Waals surface area (Å²) in [6.45, 7) is 3.76. The Morgan fingerprint density at radius 3 is 2.40 bits per heavy atom. The zero-order valence-corrected chi connectivity index (χ0v) is 21.1. The number of benzene rings is 3. The van der Waals surface area contributed by atoms with Gasteiger partial charge in [0.05, 0.1) is 23.2 Å². The van der Waals surface area contributed by atoms with Gasteiger partial charge in [0.2, 0.25) is 5.91 Å². The average molecular weight is 493 g/mol.